The molecule has 0 spiro atoms. The van der Waals surface area contributed by atoms with Gasteiger partial charge in [0.1, 0.15) is 23.7 Å². The van der Waals surface area contributed by atoms with Gasteiger partial charge in [-0.2, -0.15) is 0 Å². The van der Waals surface area contributed by atoms with Gasteiger partial charge in [-0.15, -0.1) is 0 Å². The van der Waals surface area contributed by atoms with Crippen molar-refractivity contribution in [3.8, 4) is 0 Å². The zero-order chi connectivity index (χ0) is 32.2. The predicted octanol–water partition coefficient (Wildman–Crippen LogP) is 6.11. The minimum atomic E-state index is -4.40. The van der Waals surface area contributed by atoms with Crippen molar-refractivity contribution < 1.29 is 32.3 Å². The van der Waals surface area contributed by atoms with E-state index in [0.717, 1.165) is 29.7 Å². The van der Waals surface area contributed by atoms with Crippen LogP contribution in [0, 0.1) is 6.92 Å². The van der Waals surface area contributed by atoms with Crippen molar-refractivity contribution in [1.29, 1.82) is 0 Å². The number of carbonyl (C=O) groups excluding carboxylic acids is 1. The SMILES string of the molecule is CCCCC(C)(C)c1ccc(CC(N)(c2cccc(N(CC(=O)O)C(=O)OC(C)(C)C)n2)S(=O)(=O)c2ccc(C)o2)cc1. The number of pyridine rings is 1. The van der Waals surface area contributed by atoms with E-state index in [1.54, 1.807) is 27.7 Å². The van der Waals surface area contributed by atoms with Crippen LogP contribution in [-0.2, 0) is 36.1 Å². The number of anilines is 1. The Morgan fingerprint density at radius 2 is 1.67 bits per heavy atom. The van der Waals surface area contributed by atoms with Crippen molar-refractivity contribution in [2.45, 2.75) is 95.1 Å². The maximum atomic E-state index is 14.1. The highest BCUT2D eigenvalue weighted by Gasteiger charge is 2.46. The molecule has 11 heteroatoms. The van der Waals surface area contributed by atoms with Gasteiger partial charge in [-0.25, -0.2) is 18.2 Å². The number of aromatic nitrogens is 1. The van der Waals surface area contributed by atoms with Crippen molar-refractivity contribution in [1.82, 2.24) is 4.98 Å². The van der Waals surface area contributed by atoms with E-state index in [1.165, 1.54) is 30.3 Å². The lowest BCUT2D eigenvalue weighted by Crippen LogP contribution is -2.48. The van der Waals surface area contributed by atoms with Crippen LogP contribution in [0.5, 0.6) is 0 Å². The van der Waals surface area contributed by atoms with E-state index in [0.29, 0.717) is 11.3 Å². The first-order valence-electron chi connectivity index (χ1n) is 14.3. The summed E-state index contributed by atoms with van der Waals surface area (Å²) in [7, 11) is -4.40. The molecule has 0 bridgehead atoms. The van der Waals surface area contributed by atoms with Crippen LogP contribution in [0.3, 0.4) is 0 Å². The molecule has 3 aromatic rings. The van der Waals surface area contributed by atoms with Crippen molar-refractivity contribution in [2.24, 2.45) is 5.73 Å². The second-order valence-corrected chi connectivity index (χ2v) is 14.6. The standard InChI is InChI=1S/C32H43N3O7S/c1-8-9-19-31(6,7)24-16-14-23(15-17-24)20-32(33,43(39,40)28-18-13-22(2)41-28)25-11-10-12-26(34-25)35(21-27(36)37)29(38)42-30(3,4)5/h10-18H,8-9,19-21,33H2,1-7H3,(H,36,37). The summed E-state index contributed by atoms with van der Waals surface area (Å²) in [5, 5.41) is 9.19. The molecule has 2 heterocycles. The van der Waals surface area contributed by atoms with Gasteiger partial charge in [0.15, 0.2) is 4.87 Å². The molecule has 0 saturated carbocycles. The van der Waals surface area contributed by atoms with Crippen LogP contribution in [0.1, 0.15) is 83.4 Å². The fraction of sp³-hybridized carbons (Fsp3) is 0.469. The van der Waals surface area contributed by atoms with Crippen molar-refractivity contribution in [3.63, 3.8) is 0 Å². The Labute approximate surface area is 254 Å². The Hall–Kier alpha value is -3.70. The molecule has 0 fully saturated rings. The molecule has 0 aliphatic rings. The molecular formula is C32H43N3O7S. The van der Waals surface area contributed by atoms with E-state index in [9.17, 15) is 23.1 Å². The number of hydrogen-bond donors (Lipinski definition) is 2. The number of unbranched alkanes of at least 4 members (excludes halogenated alkanes) is 1. The fourth-order valence-corrected chi connectivity index (χ4v) is 6.29. The van der Waals surface area contributed by atoms with Crippen molar-refractivity contribution in [3.05, 3.63) is 77.2 Å². The van der Waals surface area contributed by atoms with Gasteiger partial charge in [-0.3, -0.25) is 9.69 Å². The zero-order valence-corrected chi connectivity index (χ0v) is 26.8. The number of nitrogens with zero attached hydrogens (tertiary/aromatic N) is 2. The Morgan fingerprint density at radius 3 is 2.21 bits per heavy atom. The number of hydrogen-bond acceptors (Lipinski definition) is 8. The third-order valence-corrected chi connectivity index (χ3v) is 9.23. The molecule has 0 radical (unpaired) electrons. The van der Waals surface area contributed by atoms with E-state index in [1.807, 2.05) is 24.3 Å². The van der Waals surface area contributed by atoms with Gasteiger partial charge in [0, 0.05) is 6.42 Å². The summed E-state index contributed by atoms with van der Waals surface area (Å²) in [6, 6.07) is 14.9. The number of aryl methyl sites for hydroxylation is 1. The highest BCUT2D eigenvalue weighted by Crippen LogP contribution is 2.36. The molecule has 3 N–H and O–H groups in total. The number of nitrogens with two attached hydrogens (primary N) is 1. The van der Waals surface area contributed by atoms with Crippen LogP contribution in [0.15, 0.2) is 64.1 Å². The Morgan fingerprint density at radius 1 is 1.02 bits per heavy atom. The highest BCUT2D eigenvalue weighted by atomic mass is 32.2. The number of aliphatic carboxylic acids is 1. The molecule has 43 heavy (non-hydrogen) atoms. The lowest BCUT2D eigenvalue weighted by atomic mass is 9.80. The minimum absolute atomic E-state index is 0.0583. The molecule has 1 aromatic carbocycles. The summed E-state index contributed by atoms with van der Waals surface area (Å²) >= 11 is 0. The third-order valence-electron chi connectivity index (χ3n) is 7.17. The lowest BCUT2D eigenvalue weighted by Gasteiger charge is -2.30. The molecule has 234 valence electrons. The van der Waals surface area contributed by atoms with Gasteiger partial charge in [0.05, 0.1) is 5.69 Å². The first-order valence-corrected chi connectivity index (χ1v) is 15.8. The molecule has 3 rings (SSSR count). The molecule has 0 aliphatic carbocycles. The number of furan rings is 1. The minimum Gasteiger partial charge on any atom is -0.480 e. The Kier molecular flexibility index (Phi) is 10.1. The van der Waals surface area contributed by atoms with Gasteiger partial charge >= 0.3 is 12.1 Å². The highest BCUT2D eigenvalue weighted by molar-refractivity contribution is 7.92. The topological polar surface area (TPSA) is 153 Å². The summed E-state index contributed by atoms with van der Waals surface area (Å²) in [5.74, 6) is -1.04. The van der Waals surface area contributed by atoms with Crippen LogP contribution >= 0.6 is 0 Å². The number of amides is 1. The largest absolute Gasteiger partial charge is 0.480 e. The normalized spacial score (nSPS) is 13.8. The molecule has 0 aliphatic heterocycles. The molecule has 0 saturated heterocycles. The number of benzene rings is 1. The monoisotopic (exact) mass is 613 g/mol. The first-order chi connectivity index (χ1) is 19.9. The van der Waals surface area contributed by atoms with E-state index in [-0.39, 0.29) is 28.4 Å². The second kappa shape index (κ2) is 12.9. The fourth-order valence-electron chi connectivity index (χ4n) is 4.70. The number of rotatable bonds is 12. The quantitative estimate of drug-likeness (QED) is 0.246. The predicted molar refractivity (Wildman–Crippen MR) is 165 cm³/mol. The summed E-state index contributed by atoms with van der Waals surface area (Å²) in [4.78, 5) is 27.8. The first kappa shape index (κ1) is 33.8. The molecule has 1 amide bonds. The number of sulfone groups is 1. The Balaban J connectivity index is 2.13. The lowest BCUT2D eigenvalue weighted by molar-refractivity contribution is -0.135. The molecule has 1 atom stereocenters. The average Bonchev–Trinajstić information content (AvgIpc) is 3.37. The maximum Gasteiger partial charge on any atom is 0.416 e. The van der Waals surface area contributed by atoms with Crippen molar-refractivity contribution >= 4 is 27.7 Å². The molecule has 2 aromatic heterocycles. The van der Waals surface area contributed by atoms with E-state index in [4.69, 9.17) is 14.9 Å². The van der Waals surface area contributed by atoms with Crippen LogP contribution in [-0.4, -0.2) is 42.7 Å². The van der Waals surface area contributed by atoms with Crippen LogP contribution < -0.4 is 10.6 Å². The Bertz CT molecular complexity index is 1540. The summed E-state index contributed by atoms with van der Waals surface area (Å²) in [5.41, 5.74) is 7.55. The number of carboxylic acid groups (broad SMARTS) is 1. The molecule has 1 unspecified atom stereocenters. The van der Waals surface area contributed by atoms with E-state index < -0.39 is 38.9 Å². The summed E-state index contributed by atoms with van der Waals surface area (Å²) < 4.78 is 39.2. The summed E-state index contributed by atoms with van der Waals surface area (Å²) in [6.45, 7) is 12.3. The average molecular weight is 614 g/mol. The van der Waals surface area contributed by atoms with Crippen LogP contribution in [0.4, 0.5) is 10.6 Å². The van der Waals surface area contributed by atoms with Gasteiger partial charge < -0.3 is 20.0 Å². The second-order valence-electron chi connectivity index (χ2n) is 12.5. The summed E-state index contributed by atoms with van der Waals surface area (Å²) in [6.07, 6.45) is 2.06. The number of carbonyl (C=O) groups is 2. The van der Waals surface area contributed by atoms with Crippen LogP contribution in [0.2, 0.25) is 0 Å². The van der Waals surface area contributed by atoms with Gasteiger partial charge in [0.2, 0.25) is 14.9 Å². The van der Waals surface area contributed by atoms with Gasteiger partial charge in [-0.05, 0) is 74.9 Å². The smallest absolute Gasteiger partial charge is 0.416 e. The molecule has 10 nitrogen and oxygen atoms in total. The zero-order valence-electron chi connectivity index (χ0n) is 26.0. The maximum absolute atomic E-state index is 14.1. The van der Waals surface area contributed by atoms with Crippen molar-refractivity contribution in [2.75, 3.05) is 11.4 Å². The third kappa shape index (κ3) is 8.03. The molecular weight excluding hydrogens is 570 g/mol. The van der Waals surface area contributed by atoms with Gasteiger partial charge in [0.25, 0.3) is 0 Å². The van der Waals surface area contributed by atoms with E-state index in [2.05, 4.69) is 25.8 Å². The van der Waals surface area contributed by atoms with Gasteiger partial charge in [-0.1, -0.05) is 63.9 Å². The van der Waals surface area contributed by atoms with Crippen LogP contribution in [0.25, 0.3) is 0 Å². The number of ether oxygens (including phenoxy) is 1. The number of carboxylic acids is 1. The van der Waals surface area contributed by atoms with E-state index >= 15 is 0 Å².